The summed E-state index contributed by atoms with van der Waals surface area (Å²) in [5.74, 6) is 0.765. The molecule has 1 aliphatic heterocycles. The van der Waals surface area contributed by atoms with E-state index in [0.717, 1.165) is 30.6 Å². The summed E-state index contributed by atoms with van der Waals surface area (Å²) in [4.78, 5) is 4.57. The van der Waals surface area contributed by atoms with E-state index < -0.39 is 0 Å². The van der Waals surface area contributed by atoms with Gasteiger partial charge >= 0.3 is 0 Å². The third-order valence-corrected chi connectivity index (χ3v) is 4.16. The van der Waals surface area contributed by atoms with E-state index in [1.165, 1.54) is 12.0 Å². The van der Waals surface area contributed by atoms with Crippen LogP contribution in [0.2, 0.25) is 0 Å². The van der Waals surface area contributed by atoms with Crippen molar-refractivity contribution in [1.29, 1.82) is 0 Å². The molecular formula is C15H22N2S. The summed E-state index contributed by atoms with van der Waals surface area (Å²) in [5, 5.41) is 5.27. The normalized spacial score (nSPS) is 19.1. The molecule has 1 aliphatic rings. The molecule has 18 heavy (non-hydrogen) atoms. The molecule has 0 saturated carbocycles. The van der Waals surface area contributed by atoms with E-state index in [2.05, 4.69) is 54.5 Å². The molecule has 0 saturated heterocycles. The molecule has 0 amide bonds. The van der Waals surface area contributed by atoms with Crippen molar-refractivity contribution in [2.75, 3.05) is 13.1 Å². The Bertz CT molecular complexity index is 387. The van der Waals surface area contributed by atoms with E-state index >= 15 is 0 Å². The van der Waals surface area contributed by atoms with Crippen molar-refractivity contribution in [3.63, 3.8) is 0 Å². The Morgan fingerprint density at radius 1 is 1.33 bits per heavy atom. The van der Waals surface area contributed by atoms with E-state index in [1.807, 2.05) is 11.8 Å². The summed E-state index contributed by atoms with van der Waals surface area (Å²) < 4.78 is 0. The minimum absolute atomic E-state index is 0.684. The first-order chi connectivity index (χ1) is 8.74. The number of nitrogens with one attached hydrogen (secondary N) is 1. The molecule has 2 rings (SSSR count). The average molecular weight is 262 g/mol. The van der Waals surface area contributed by atoms with Crippen molar-refractivity contribution in [3.05, 3.63) is 35.9 Å². The van der Waals surface area contributed by atoms with Gasteiger partial charge in [0, 0.05) is 11.8 Å². The zero-order valence-electron chi connectivity index (χ0n) is 11.2. The number of rotatable bonds is 5. The number of hydrogen-bond acceptors (Lipinski definition) is 3. The second kappa shape index (κ2) is 6.83. The molecule has 1 N–H and O–H groups in total. The van der Waals surface area contributed by atoms with Crippen molar-refractivity contribution in [2.45, 2.75) is 31.9 Å². The highest BCUT2D eigenvalue weighted by molar-refractivity contribution is 8.14. The average Bonchev–Trinajstić information content (AvgIpc) is 2.77. The lowest BCUT2D eigenvalue weighted by Crippen LogP contribution is -2.22. The van der Waals surface area contributed by atoms with Gasteiger partial charge in [-0.2, -0.15) is 0 Å². The molecule has 0 aromatic heterocycles. The molecule has 0 radical (unpaired) electrons. The van der Waals surface area contributed by atoms with Crippen LogP contribution >= 0.6 is 11.8 Å². The lowest BCUT2D eigenvalue weighted by atomic mass is 10.1. The molecule has 0 spiro atoms. The third-order valence-electron chi connectivity index (χ3n) is 2.98. The quantitative estimate of drug-likeness (QED) is 0.880. The van der Waals surface area contributed by atoms with Gasteiger partial charge < -0.3 is 5.32 Å². The minimum Gasteiger partial charge on any atom is -0.365 e. The Hall–Kier alpha value is -0.960. The summed E-state index contributed by atoms with van der Waals surface area (Å²) in [6.07, 6.45) is 2.33. The van der Waals surface area contributed by atoms with E-state index in [9.17, 15) is 0 Å². The highest BCUT2D eigenvalue weighted by atomic mass is 32.2. The van der Waals surface area contributed by atoms with Crippen LogP contribution in [0.3, 0.4) is 0 Å². The topological polar surface area (TPSA) is 24.4 Å². The van der Waals surface area contributed by atoms with Gasteiger partial charge in [0.15, 0.2) is 5.17 Å². The number of aliphatic imine (C=N–C) groups is 1. The van der Waals surface area contributed by atoms with Gasteiger partial charge in [0.2, 0.25) is 0 Å². The lowest BCUT2D eigenvalue weighted by Gasteiger charge is -2.11. The van der Waals surface area contributed by atoms with Gasteiger partial charge in [-0.05, 0) is 24.3 Å². The fourth-order valence-electron chi connectivity index (χ4n) is 2.12. The lowest BCUT2D eigenvalue weighted by molar-refractivity contribution is 0.575. The predicted molar refractivity (Wildman–Crippen MR) is 81.3 cm³/mol. The molecule has 1 aromatic carbocycles. The summed E-state index contributed by atoms with van der Waals surface area (Å²) in [6, 6.07) is 10.6. The molecule has 0 fully saturated rings. The van der Waals surface area contributed by atoms with Crippen LogP contribution in [0.4, 0.5) is 0 Å². The van der Waals surface area contributed by atoms with Crippen LogP contribution < -0.4 is 5.32 Å². The molecule has 1 atom stereocenters. The molecule has 0 bridgehead atoms. The largest absolute Gasteiger partial charge is 0.365 e. The maximum Gasteiger partial charge on any atom is 0.156 e. The zero-order chi connectivity index (χ0) is 12.8. The maximum absolute atomic E-state index is 4.57. The molecule has 1 aromatic rings. The van der Waals surface area contributed by atoms with Crippen LogP contribution in [0.5, 0.6) is 0 Å². The first-order valence-corrected chi connectivity index (χ1v) is 7.61. The number of thioether (sulfide) groups is 1. The first-order valence-electron chi connectivity index (χ1n) is 6.73. The Morgan fingerprint density at radius 2 is 2.11 bits per heavy atom. The van der Waals surface area contributed by atoms with Crippen molar-refractivity contribution in [2.24, 2.45) is 10.9 Å². The van der Waals surface area contributed by atoms with Gasteiger partial charge in [0.25, 0.3) is 0 Å². The summed E-state index contributed by atoms with van der Waals surface area (Å²) in [5.41, 5.74) is 1.38. The smallest absolute Gasteiger partial charge is 0.156 e. The van der Waals surface area contributed by atoms with E-state index in [0.29, 0.717) is 5.25 Å². The van der Waals surface area contributed by atoms with Gasteiger partial charge in [-0.25, -0.2) is 0 Å². The molecule has 0 aliphatic carbocycles. The van der Waals surface area contributed by atoms with E-state index in [4.69, 9.17) is 0 Å². The molecule has 1 heterocycles. The monoisotopic (exact) mass is 262 g/mol. The van der Waals surface area contributed by atoms with Crippen LogP contribution in [-0.2, 0) is 6.42 Å². The maximum atomic E-state index is 4.57. The Labute approximate surface area is 114 Å². The SMILES string of the molecule is CC(C)CC1CN=C(NCCc2ccccc2)S1. The predicted octanol–water partition coefficient (Wildman–Crippen LogP) is 3.34. The van der Waals surface area contributed by atoms with E-state index in [1.54, 1.807) is 0 Å². The van der Waals surface area contributed by atoms with Crippen LogP contribution in [0, 0.1) is 5.92 Å². The molecule has 98 valence electrons. The van der Waals surface area contributed by atoms with Crippen molar-refractivity contribution in [3.8, 4) is 0 Å². The molecular weight excluding hydrogens is 240 g/mol. The van der Waals surface area contributed by atoms with Gasteiger partial charge in [0.1, 0.15) is 0 Å². The third kappa shape index (κ3) is 4.37. The highest BCUT2D eigenvalue weighted by Gasteiger charge is 2.19. The van der Waals surface area contributed by atoms with Crippen LogP contribution in [0.1, 0.15) is 25.8 Å². The first kappa shape index (κ1) is 13.5. The van der Waals surface area contributed by atoms with Gasteiger partial charge in [-0.15, -0.1) is 0 Å². The Morgan fingerprint density at radius 3 is 2.83 bits per heavy atom. The number of hydrogen-bond donors (Lipinski definition) is 1. The summed E-state index contributed by atoms with van der Waals surface area (Å²) in [7, 11) is 0. The number of nitrogens with zero attached hydrogens (tertiary/aromatic N) is 1. The standard InChI is InChI=1S/C15H22N2S/c1-12(2)10-14-11-17-15(18-14)16-9-8-13-6-4-3-5-7-13/h3-7,12,14H,8-11H2,1-2H3,(H,16,17). The van der Waals surface area contributed by atoms with E-state index in [-0.39, 0.29) is 0 Å². The highest BCUT2D eigenvalue weighted by Crippen LogP contribution is 2.25. The van der Waals surface area contributed by atoms with Crippen molar-refractivity contribution < 1.29 is 0 Å². The molecule has 1 unspecified atom stereocenters. The van der Waals surface area contributed by atoms with Gasteiger partial charge in [-0.1, -0.05) is 55.9 Å². The zero-order valence-corrected chi connectivity index (χ0v) is 12.0. The summed E-state index contributed by atoms with van der Waals surface area (Å²) >= 11 is 1.91. The van der Waals surface area contributed by atoms with Crippen LogP contribution in [-0.4, -0.2) is 23.5 Å². The number of benzene rings is 1. The number of amidine groups is 1. The van der Waals surface area contributed by atoms with Gasteiger partial charge in [0.05, 0.1) is 6.54 Å². The van der Waals surface area contributed by atoms with Crippen molar-refractivity contribution >= 4 is 16.9 Å². The molecule has 3 heteroatoms. The van der Waals surface area contributed by atoms with Crippen LogP contribution in [0.15, 0.2) is 35.3 Å². The summed E-state index contributed by atoms with van der Waals surface area (Å²) in [6.45, 7) is 6.52. The Balaban J connectivity index is 1.66. The second-order valence-electron chi connectivity index (χ2n) is 5.18. The molecule has 2 nitrogen and oxygen atoms in total. The van der Waals surface area contributed by atoms with Crippen LogP contribution in [0.25, 0.3) is 0 Å². The Kier molecular flexibility index (Phi) is 5.12. The minimum atomic E-state index is 0.684. The van der Waals surface area contributed by atoms with Gasteiger partial charge in [-0.3, -0.25) is 4.99 Å². The fourth-order valence-corrected chi connectivity index (χ4v) is 3.40. The second-order valence-corrected chi connectivity index (χ2v) is 6.47. The fraction of sp³-hybridized carbons (Fsp3) is 0.533. The van der Waals surface area contributed by atoms with Crippen molar-refractivity contribution in [1.82, 2.24) is 5.32 Å².